The third-order valence-corrected chi connectivity index (χ3v) is 4.43. The first-order valence-electron chi connectivity index (χ1n) is 6.26. The first kappa shape index (κ1) is 12.6. The van der Waals surface area contributed by atoms with Crippen molar-refractivity contribution in [3.63, 3.8) is 0 Å². The van der Waals surface area contributed by atoms with Crippen molar-refractivity contribution in [1.29, 1.82) is 0 Å². The molecular weight excluding hydrogens is 258 g/mol. The number of halogens is 1. The van der Waals surface area contributed by atoms with Crippen LogP contribution in [0.2, 0.25) is 5.02 Å². The molecule has 3 fully saturated rings. The predicted molar refractivity (Wildman–Crippen MR) is 79.9 cm³/mol. The molecule has 0 unspecified atom stereocenters. The van der Waals surface area contributed by atoms with Crippen LogP contribution in [0.3, 0.4) is 0 Å². The fourth-order valence-electron chi connectivity index (χ4n) is 3.21. The zero-order valence-electron chi connectivity index (χ0n) is 10.7. The summed E-state index contributed by atoms with van der Waals surface area (Å²) in [6.45, 7) is 7.68. The van der Waals surface area contributed by atoms with Crippen molar-refractivity contribution in [3.8, 4) is 0 Å². The van der Waals surface area contributed by atoms with Crippen molar-refractivity contribution in [2.75, 3.05) is 0 Å². The molecule has 3 saturated carbocycles. The Morgan fingerprint density at radius 1 is 1.21 bits per heavy atom. The van der Waals surface area contributed by atoms with Crippen LogP contribution < -0.4 is 5.73 Å². The molecule has 1 aromatic rings. The van der Waals surface area contributed by atoms with Gasteiger partial charge in [-0.1, -0.05) is 18.2 Å². The van der Waals surface area contributed by atoms with Crippen LogP contribution in [0.25, 0.3) is 0 Å². The molecule has 0 radical (unpaired) electrons. The molecule has 3 aliphatic rings. The molecule has 19 heavy (non-hydrogen) atoms. The lowest BCUT2D eigenvalue weighted by Gasteiger charge is -2.69. The van der Waals surface area contributed by atoms with E-state index in [1.807, 2.05) is 24.3 Å². The zero-order valence-corrected chi connectivity index (χ0v) is 11.5. The van der Waals surface area contributed by atoms with Gasteiger partial charge in [0.25, 0.3) is 0 Å². The van der Waals surface area contributed by atoms with E-state index in [9.17, 15) is 0 Å². The van der Waals surface area contributed by atoms with Crippen LogP contribution in [0.15, 0.2) is 46.5 Å². The predicted octanol–water partition coefficient (Wildman–Crippen LogP) is 3.18. The van der Waals surface area contributed by atoms with Crippen molar-refractivity contribution >= 4 is 24.2 Å². The van der Waals surface area contributed by atoms with E-state index in [0.29, 0.717) is 10.9 Å². The van der Waals surface area contributed by atoms with E-state index in [4.69, 9.17) is 17.3 Å². The van der Waals surface area contributed by atoms with Crippen LogP contribution in [-0.4, -0.2) is 18.1 Å². The highest BCUT2D eigenvalue weighted by Gasteiger charge is 2.67. The molecule has 98 valence electrons. The summed E-state index contributed by atoms with van der Waals surface area (Å²) in [7, 11) is 0. The molecule has 0 atom stereocenters. The number of hydrogen-bond donors (Lipinski definition) is 1. The van der Waals surface area contributed by atoms with Gasteiger partial charge < -0.3 is 5.73 Å². The summed E-state index contributed by atoms with van der Waals surface area (Å²) in [5, 5.41) is 0.690. The third kappa shape index (κ3) is 1.94. The standard InChI is InChI=1S/C15H16ClN3/c1-10(14-7-15(17,8-14)9-14)19-13(18-2)11-3-5-12(16)6-4-11/h3-6H,1-2,7-9,17H2. The van der Waals surface area contributed by atoms with Crippen LogP contribution in [0, 0.1) is 5.41 Å². The van der Waals surface area contributed by atoms with Crippen molar-refractivity contribution in [3.05, 3.63) is 47.1 Å². The summed E-state index contributed by atoms with van der Waals surface area (Å²) in [4.78, 5) is 8.55. The molecule has 4 heteroatoms. The lowest BCUT2D eigenvalue weighted by molar-refractivity contribution is -0.0994. The number of benzene rings is 1. The maximum absolute atomic E-state index is 6.06. The van der Waals surface area contributed by atoms with E-state index in [1.165, 1.54) is 0 Å². The van der Waals surface area contributed by atoms with E-state index in [2.05, 4.69) is 23.3 Å². The van der Waals surface area contributed by atoms with Crippen molar-refractivity contribution in [2.24, 2.45) is 21.1 Å². The van der Waals surface area contributed by atoms with Gasteiger partial charge in [-0.3, -0.25) is 0 Å². The van der Waals surface area contributed by atoms with Crippen LogP contribution >= 0.6 is 11.6 Å². The minimum absolute atomic E-state index is 0.0561. The largest absolute Gasteiger partial charge is 0.325 e. The lowest BCUT2D eigenvalue weighted by atomic mass is 9.39. The highest BCUT2D eigenvalue weighted by Crippen LogP contribution is 2.69. The Kier molecular flexibility index (Phi) is 2.66. The Bertz CT molecular complexity index is 566. The van der Waals surface area contributed by atoms with Gasteiger partial charge in [-0.15, -0.1) is 0 Å². The summed E-state index contributed by atoms with van der Waals surface area (Å²) < 4.78 is 0. The summed E-state index contributed by atoms with van der Waals surface area (Å²) >= 11 is 5.87. The van der Waals surface area contributed by atoms with Crippen LogP contribution in [0.4, 0.5) is 0 Å². The number of nitrogens with zero attached hydrogens (tertiary/aromatic N) is 2. The smallest absolute Gasteiger partial charge is 0.158 e. The van der Waals surface area contributed by atoms with Crippen LogP contribution in [0.5, 0.6) is 0 Å². The minimum Gasteiger partial charge on any atom is -0.325 e. The third-order valence-electron chi connectivity index (χ3n) is 4.18. The number of aliphatic imine (C=N–C) groups is 2. The first-order chi connectivity index (χ1) is 8.96. The van der Waals surface area contributed by atoms with Gasteiger partial charge in [0.2, 0.25) is 0 Å². The van der Waals surface area contributed by atoms with Gasteiger partial charge in [0.1, 0.15) is 0 Å². The molecular formula is C15H16ClN3. The highest BCUT2D eigenvalue weighted by atomic mass is 35.5. The van der Waals surface area contributed by atoms with Crippen molar-refractivity contribution < 1.29 is 0 Å². The number of nitrogens with two attached hydrogens (primary N) is 1. The van der Waals surface area contributed by atoms with Gasteiger partial charge in [-0.25, -0.2) is 9.98 Å². The van der Waals surface area contributed by atoms with E-state index < -0.39 is 0 Å². The molecule has 0 saturated heterocycles. The normalized spacial score (nSPS) is 32.2. The second-order valence-corrected chi connectivity index (χ2v) is 6.16. The summed E-state index contributed by atoms with van der Waals surface area (Å²) in [6.07, 6.45) is 2.98. The second kappa shape index (κ2) is 4.02. The van der Waals surface area contributed by atoms with E-state index in [-0.39, 0.29) is 11.0 Å². The molecule has 2 bridgehead atoms. The Morgan fingerprint density at radius 3 is 2.26 bits per heavy atom. The summed E-state index contributed by atoms with van der Waals surface area (Å²) in [5.74, 6) is 0.595. The average molecular weight is 274 g/mol. The number of hydrogen-bond acceptors (Lipinski definition) is 2. The average Bonchev–Trinajstić information content (AvgIpc) is 2.32. The van der Waals surface area contributed by atoms with Gasteiger partial charge in [-0.05, 0) is 50.2 Å². The maximum atomic E-state index is 6.06. The molecule has 0 aliphatic heterocycles. The molecule has 3 nitrogen and oxygen atoms in total. The van der Waals surface area contributed by atoms with E-state index >= 15 is 0 Å². The highest BCUT2D eigenvalue weighted by molar-refractivity contribution is 6.30. The molecule has 0 heterocycles. The zero-order chi connectivity index (χ0) is 13.7. The van der Waals surface area contributed by atoms with Gasteiger partial charge in [-0.2, -0.15) is 0 Å². The van der Waals surface area contributed by atoms with Crippen molar-refractivity contribution in [2.45, 2.75) is 24.8 Å². The Hall–Kier alpha value is -1.45. The van der Waals surface area contributed by atoms with Gasteiger partial charge in [0, 0.05) is 27.2 Å². The van der Waals surface area contributed by atoms with E-state index in [0.717, 1.165) is 30.5 Å². The maximum Gasteiger partial charge on any atom is 0.158 e. The minimum atomic E-state index is 0.0561. The molecule has 1 aromatic carbocycles. The molecule has 0 aromatic heterocycles. The van der Waals surface area contributed by atoms with Gasteiger partial charge in [0.05, 0.1) is 0 Å². The van der Waals surface area contributed by atoms with Crippen molar-refractivity contribution in [1.82, 2.24) is 0 Å². The lowest BCUT2D eigenvalue weighted by Crippen LogP contribution is -2.72. The summed E-state index contributed by atoms with van der Waals surface area (Å²) in [5.41, 5.74) is 8.01. The first-order valence-corrected chi connectivity index (χ1v) is 6.64. The van der Waals surface area contributed by atoms with Gasteiger partial charge in [0.15, 0.2) is 5.84 Å². The topological polar surface area (TPSA) is 50.7 Å². The number of amidine groups is 1. The van der Waals surface area contributed by atoms with Crippen LogP contribution in [-0.2, 0) is 0 Å². The number of rotatable bonds is 3. The molecule has 0 amide bonds. The molecule has 0 spiro atoms. The second-order valence-electron chi connectivity index (χ2n) is 5.72. The molecule has 2 N–H and O–H groups in total. The summed E-state index contributed by atoms with van der Waals surface area (Å²) in [6, 6.07) is 7.40. The fourth-order valence-corrected chi connectivity index (χ4v) is 3.34. The SMILES string of the molecule is C=NC(=NC(=C)C12CC(N)(C1)C2)c1ccc(Cl)cc1. The van der Waals surface area contributed by atoms with Crippen LogP contribution in [0.1, 0.15) is 24.8 Å². The monoisotopic (exact) mass is 273 g/mol. The Morgan fingerprint density at radius 2 is 1.79 bits per heavy atom. The number of allylic oxidation sites excluding steroid dienone is 1. The Labute approximate surface area is 117 Å². The Balaban J connectivity index is 1.82. The molecule has 4 rings (SSSR count). The fraction of sp³-hybridized carbons (Fsp3) is 0.333. The van der Waals surface area contributed by atoms with Gasteiger partial charge >= 0.3 is 0 Å². The van der Waals surface area contributed by atoms with E-state index in [1.54, 1.807) is 0 Å². The quantitative estimate of drug-likeness (QED) is 0.667. The molecule has 3 aliphatic carbocycles.